The van der Waals surface area contributed by atoms with E-state index in [0.29, 0.717) is 0 Å². The van der Waals surface area contributed by atoms with Gasteiger partial charge in [0.15, 0.2) is 0 Å². The van der Waals surface area contributed by atoms with Crippen LogP contribution in [0, 0.1) is 70.3 Å². The van der Waals surface area contributed by atoms with Gasteiger partial charge in [-0.25, -0.2) is 0 Å². The van der Waals surface area contributed by atoms with Gasteiger partial charge in [-0.2, -0.15) is 6.42 Å². The number of hydrogen-bond donors (Lipinski definition) is 0. The summed E-state index contributed by atoms with van der Waals surface area (Å²) in [5, 5.41) is 0. The van der Waals surface area contributed by atoms with Gasteiger partial charge in [0.1, 0.15) is 0 Å². The molecule has 1 aliphatic heterocycles. The van der Waals surface area contributed by atoms with Crippen molar-refractivity contribution in [1.29, 1.82) is 0 Å². The Morgan fingerprint density at radius 2 is 1.14 bits per heavy atom. The molecule has 0 atom stereocenters. The van der Waals surface area contributed by atoms with E-state index in [-0.39, 0.29) is 32.7 Å². The van der Waals surface area contributed by atoms with Crippen molar-refractivity contribution in [3.63, 3.8) is 0 Å². The molecule has 0 amide bonds. The molecular formula is C20H29OY-. The van der Waals surface area contributed by atoms with Gasteiger partial charge in [-0.05, 0) is 77.0 Å². The monoisotopic (exact) mass is 374 g/mol. The largest absolute Gasteiger partial charge is 0.501 e. The molecule has 2 aliphatic carbocycles. The van der Waals surface area contributed by atoms with Gasteiger partial charge in [0.05, 0.1) is 0 Å². The second kappa shape index (κ2) is 24.1. The fraction of sp³-hybridized carbons (Fsp3) is 0.400. The van der Waals surface area contributed by atoms with Crippen molar-refractivity contribution in [3.8, 4) is 0 Å². The van der Waals surface area contributed by atoms with E-state index < -0.39 is 0 Å². The number of rotatable bonds is 2. The van der Waals surface area contributed by atoms with Crippen molar-refractivity contribution < 1.29 is 37.4 Å². The number of hydrogen-bond acceptors (Lipinski definition) is 1. The first-order chi connectivity index (χ1) is 10.4. The van der Waals surface area contributed by atoms with Crippen LogP contribution in [0.1, 0.15) is 39.5 Å². The molecule has 2 saturated carbocycles. The van der Waals surface area contributed by atoms with Gasteiger partial charge in [0.2, 0.25) is 0 Å². The average molecular weight is 374 g/mol. The van der Waals surface area contributed by atoms with Crippen LogP contribution in [0.15, 0.2) is 6.08 Å². The van der Waals surface area contributed by atoms with Gasteiger partial charge in [-0.1, -0.05) is 20.3 Å². The summed E-state index contributed by atoms with van der Waals surface area (Å²) in [6.07, 6.45) is 29.9. The molecule has 0 aromatic rings. The molecule has 0 aromatic carbocycles. The Morgan fingerprint density at radius 3 is 1.27 bits per heavy atom. The maximum Gasteiger partial charge on any atom is 0.0466 e. The molecule has 1 heterocycles. The van der Waals surface area contributed by atoms with Crippen molar-refractivity contribution in [2.24, 2.45) is 0 Å². The second-order valence-corrected chi connectivity index (χ2v) is 4.41. The van der Waals surface area contributed by atoms with Crippen molar-refractivity contribution in [1.82, 2.24) is 0 Å². The Kier molecular flexibility index (Phi) is 27.4. The van der Waals surface area contributed by atoms with Crippen LogP contribution < -0.4 is 0 Å². The first-order valence-corrected chi connectivity index (χ1v) is 7.88. The van der Waals surface area contributed by atoms with Gasteiger partial charge in [0.25, 0.3) is 0 Å². The summed E-state index contributed by atoms with van der Waals surface area (Å²) >= 11 is 0. The van der Waals surface area contributed by atoms with Crippen LogP contribution in [-0.2, 0) is 37.4 Å². The number of ether oxygens (including phenoxy) is 1. The zero-order valence-corrected chi connectivity index (χ0v) is 16.9. The van der Waals surface area contributed by atoms with Crippen LogP contribution in [0.5, 0.6) is 0 Å². The smallest absolute Gasteiger partial charge is 0.0466 e. The van der Waals surface area contributed by atoms with Crippen LogP contribution in [-0.4, -0.2) is 13.2 Å². The van der Waals surface area contributed by atoms with E-state index in [4.69, 9.17) is 4.74 Å². The fourth-order valence-electron chi connectivity index (χ4n) is 1.44. The van der Waals surface area contributed by atoms with Crippen LogP contribution in [0.2, 0.25) is 0 Å². The second-order valence-electron chi connectivity index (χ2n) is 4.41. The molecule has 3 aliphatic rings. The molecule has 1 saturated heterocycles. The average Bonchev–Trinajstić information content (AvgIpc) is 3.33. The summed E-state index contributed by atoms with van der Waals surface area (Å²) in [5.41, 5.74) is 0. The summed E-state index contributed by atoms with van der Waals surface area (Å²) in [6, 6.07) is 0. The Balaban J connectivity index is 0. The minimum absolute atomic E-state index is 0. The molecule has 119 valence electrons. The molecule has 0 aromatic heterocycles. The molecule has 11 radical (unpaired) electrons. The Hall–Kier alpha value is 0.804. The molecule has 3 fully saturated rings. The maximum absolute atomic E-state index is 4.94. The number of allylic oxidation sites excluding steroid dienone is 2. The van der Waals surface area contributed by atoms with Crippen LogP contribution in [0.25, 0.3) is 0 Å². The normalized spacial score (nSPS) is 19.2. The van der Waals surface area contributed by atoms with Crippen LogP contribution in [0.4, 0.5) is 0 Å². The quantitative estimate of drug-likeness (QED) is 0.618. The van der Waals surface area contributed by atoms with E-state index in [1.165, 1.54) is 12.8 Å². The maximum atomic E-state index is 4.94. The summed E-state index contributed by atoms with van der Waals surface area (Å²) in [5.74, 6) is 0. The van der Waals surface area contributed by atoms with E-state index in [2.05, 4.69) is 26.0 Å². The first kappa shape index (κ1) is 25.0. The standard InChI is InChI=1S/C6H11.2C5H5.C4H8O.Y/c1-3-5-6-4-2;3*1-2-4-5-3-1;/h5H,3-4H2,1-2H3;2*1-5H;1-4H2;/q-1;;;;. The third-order valence-electron chi connectivity index (χ3n) is 2.49. The zero-order chi connectivity index (χ0) is 15.4. The van der Waals surface area contributed by atoms with Crippen molar-refractivity contribution in [2.45, 2.75) is 39.5 Å². The first-order valence-electron chi connectivity index (χ1n) is 7.88. The summed E-state index contributed by atoms with van der Waals surface area (Å²) in [4.78, 5) is 0. The van der Waals surface area contributed by atoms with Gasteiger partial charge in [0, 0.05) is 45.9 Å². The molecule has 0 N–H and O–H groups in total. The predicted octanol–water partition coefficient (Wildman–Crippen LogP) is 5.00. The van der Waals surface area contributed by atoms with Gasteiger partial charge in [-0.15, -0.1) is 0 Å². The van der Waals surface area contributed by atoms with Gasteiger partial charge >= 0.3 is 0 Å². The minimum Gasteiger partial charge on any atom is -0.501 e. The summed E-state index contributed by atoms with van der Waals surface area (Å²) in [6.45, 7) is 6.20. The van der Waals surface area contributed by atoms with Gasteiger partial charge < -0.3 is 10.8 Å². The minimum atomic E-state index is 0. The van der Waals surface area contributed by atoms with Crippen molar-refractivity contribution in [3.05, 3.63) is 76.4 Å². The van der Waals surface area contributed by atoms with E-state index in [1.54, 1.807) is 0 Å². The molecule has 1 nitrogen and oxygen atoms in total. The Bertz CT molecular complexity index is 139. The molecule has 3 rings (SSSR count). The molecule has 2 heteroatoms. The fourth-order valence-corrected chi connectivity index (χ4v) is 1.44. The van der Waals surface area contributed by atoms with E-state index in [9.17, 15) is 0 Å². The molecule has 0 bridgehead atoms. The molecule has 22 heavy (non-hydrogen) atoms. The molecule has 0 unspecified atom stereocenters. The van der Waals surface area contributed by atoms with E-state index in [1.807, 2.05) is 64.2 Å². The third-order valence-corrected chi connectivity index (χ3v) is 2.49. The summed E-state index contributed by atoms with van der Waals surface area (Å²) < 4.78 is 4.94. The molecule has 0 spiro atoms. The van der Waals surface area contributed by atoms with Crippen LogP contribution in [0.3, 0.4) is 0 Å². The Morgan fingerprint density at radius 1 is 0.773 bits per heavy atom. The van der Waals surface area contributed by atoms with E-state index in [0.717, 1.165) is 26.1 Å². The zero-order valence-electron chi connectivity index (χ0n) is 14.1. The van der Waals surface area contributed by atoms with E-state index >= 15 is 0 Å². The van der Waals surface area contributed by atoms with Gasteiger partial charge in [-0.3, -0.25) is 6.08 Å². The summed E-state index contributed by atoms with van der Waals surface area (Å²) in [7, 11) is 0. The predicted molar refractivity (Wildman–Crippen MR) is 91.4 cm³/mol. The third kappa shape index (κ3) is 23.1. The van der Waals surface area contributed by atoms with Crippen molar-refractivity contribution in [2.75, 3.05) is 13.2 Å². The SMILES string of the molecule is C1CCOC1.CC[C-]=CCC.[CH]1[CH][CH][CH][CH]1.[CH]1[CH][CH][CH][CH]1.[Y]. The van der Waals surface area contributed by atoms with Crippen molar-refractivity contribution >= 4 is 0 Å². The molecular weight excluding hydrogens is 345 g/mol. The Labute approximate surface area is 165 Å². The van der Waals surface area contributed by atoms with Crippen LogP contribution >= 0.6 is 0 Å². The topological polar surface area (TPSA) is 9.23 Å².